The molecule has 2 rings (SSSR count). The van der Waals surface area contributed by atoms with E-state index >= 15 is 0 Å². The summed E-state index contributed by atoms with van der Waals surface area (Å²) < 4.78 is 5.27. The number of hydrogen-bond donors (Lipinski definition) is 3. The number of amides is 1. The van der Waals surface area contributed by atoms with Crippen molar-refractivity contribution < 1.29 is 24.5 Å². The Labute approximate surface area is 110 Å². The molecule has 1 aliphatic heterocycles. The first-order chi connectivity index (χ1) is 9.06. The molecule has 19 heavy (non-hydrogen) atoms. The summed E-state index contributed by atoms with van der Waals surface area (Å²) in [5.74, 6) is -1.14. The van der Waals surface area contributed by atoms with Crippen LogP contribution in [0.25, 0.3) is 0 Å². The van der Waals surface area contributed by atoms with E-state index in [1.807, 2.05) is 0 Å². The van der Waals surface area contributed by atoms with Gasteiger partial charge in [-0.2, -0.15) is 0 Å². The summed E-state index contributed by atoms with van der Waals surface area (Å²) in [7, 11) is 0. The van der Waals surface area contributed by atoms with Crippen LogP contribution in [0.4, 0.5) is 0 Å². The summed E-state index contributed by atoms with van der Waals surface area (Å²) in [4.78, 5) is 22.5. The zero-order valence-electron chi connectivity index (χ0n) is 10.2. The van der Waals surface area contributed by atoms with Gasteiger partial charge in [-0.1, -0.05) is 0 Å². The van der Waals surface area contributed by atoms with E-state index in [1.54, 1.807) is 0 Å². The fourth-order valence-corrected chi connectivity index (χ4v) is 1.96. The zero-order chi connectivity index (χ0) is 13.8. The highest BCUT2D eigenvalue weighted by atomic mass is 16.5. The largest absolute Gasteiger partial charge is 0.508 e. The van der Waals surface area contributed by atoms with Crippen molar-refractivity contribution in [1.82, 2.24) is 5.32 Å². The maximum atomic E-state index is 11.8. The van der Waals surface area contributed by atoms with Crippen molar-refractivity contribution in [2.45, 2.75) is 25.0 Å². The third-order valence-corrected chi connectivity index (χ3v) is 3.00. The fourth-order valence-electron chi connectivity index (χ4n) is 1.96. The number of benzene rings is 1. The van der Waals surface area contributed by atoms with Crippen LogP contribution in [0.1, 0.15) is 23.2 Å². The summed E-state index contributed by atoms with van der Waals surface area (Å²) in [6.07, 6.45) is 0.0554. The maximum absolute atomic E-state index is 11.8. The molecule has 1 aromatic rings. The molecule has 0 aliphatic carbocycles. The first-order valence-electron chi connectivity index (χ1n) is 6.02. The van der Waals surface area contributed by atoms with Crippen molar-refractivity contribution in [2.75, 3.05) is 6.54 Å². The van der Waals surface area contributed by atoms with Crippen LogP contribution in [0.15, 0.2) is 24.3 Å². The molecule has 2 unspecified atom stereocenters. The fraction of sp³-hybridized carbons (Fsp3) is 0.385. The Morgan fingerprint density at radius 2 is 1.95 bits per heavy atom. The average molecular weight is 265 g/mol. The molecule has 6 heteroatoms. The van der Waals surface area contributed by atoms with Gasteiger partial charge in [-0.05, 0) is 37.1 Å². The lowest BCUT2D eigenvalue weighted by Gasteiger charge is -2.12. The maximum Gasteiger partial charge on any atom is 0.332 e. The van der Waals surface area contributed by atoms with Gasteiger partial charge in [0.2, 0.25) is 0 Å². The Balaban J connectivity index is 1.81. The van der Waals surface area contributed by atoms with Crippen molar-refractivity contribution in [1.29, 1.82) is 0 Å². The Hall–Kier alpha value is -2.08. The molecule has 0 bridgehead atoms. The van der Waals surface area contributed by atoms with Crippen LogP contribution in [-0.2, 0) is 9.53 Å². The number of rotatable bonds is 4. The number of nitrogens with one attached hydrogen (secondary N) is 1. The summed E-state index contributed by atoms with van der Waals surface area (Å²) in [6, 6.07) is 5.89. The standard InChI is InChI=1S/C13H15NO5/c15-9-3-1-8(2-4-9)12(16)14-7-10-5-6-11(19-10)13(17)18/h1-4,10-11,15H,5-7H2,(H,14,16)(H,17,18). The summed E-state index contributed by atoms with van der Waals surface area (Å²) >= 11 is 0. The van der Waals surface area contributed by atoms with Gasteiger partial charge in [-0.25, -0.2) is 4.79 Å². The second-order valence-electron chi connectivity index (χ2n) is 4.42. The molecular formula is C13H15NO5. The molecule has 0 saturated carbocycles. The number of aliphatic carboxylic acids is 1. The van der Waals surface area contributed by atoms with Crippen LogP contribution in [0, 0.1) is 0 Å². The van der Waals surface area contributed by atoms with Crippen LogP contribution in [0.3, 0.4) is 0 Å². The predicted octanol–water partition coefficient (Wildman–Crippen LogP) is 0.754. The molecule has 102 valence electrons. The summed E-state index contributed by atoms with van der Waals surface area (Å²) in [6.45, 7) is 0.281. The van der Waals surface area contributed by atoms with E-state index in [9.17, 15) is 9.59 Å². The van der Waals surface area contributed by atoms with E-state index < -0.39 is 12.1 Å². The summed E-state index contributed by atoms with van der Waals surface area (Å²) in [5.41, 5.74) is 0.436. The third kappa shape index (κ3) is 3.45. The van der Waals surface area contributed by atoms with Crippen LogP contribution < -0.4 is 5.32 Å². The molecule has 0 aromatic heterocycles. The predicted molar refractivity (Wildman–Crippen MR) is 66.0 cm³/mol. The quantitative estimate of drug-likeness (QED) is 0.746. The highest BCUT2D eigenvalue weighted by molar-refractivity contribution is 5.94. The SMILES string of the molecule is O=C(NCC1CCC(C(=O)O)O1)c1ccc(O)cc1. The number of carboxylic acids is 1. The Morgan fingerprint density at radius 1 is 1.26 bits per heavy atom. The van der Waals surface area contributed by atoms with Crippen molar-refractivity contribution >= 4 is 11.9 Å². The monoisotopic (exact) mass is 265 g/mol. The topological polar surface area (TPSA) is 95.9 Å². The van der Waals surface area contributed by atoms with E-state index in [1.165, 1.54) is 24.3 Å². The lowest BCUT2D eigenvalue weighted by Crippen LogP contribution is -2.33. The van der Waals surface area contributed by atoms with Crippen LogP contribution >= 0.6 is 0 Å². The molecule has 1 amide bonds. The number of carbonyl (C=O) groups excluding carboxylic acids is 1. The number of phenols is 1. The van der Waals surface area contributed by atoms with E-state index in [4.69, 9.17) is 14.9 Å². The Kier molecular flexibility index (Phi) is 4.01. The van der Waals surface area contributed by atoms with Crippen LogP contribution in [0.2, 0.25) is 0 Å². The number of hydrogen-bond acceptors (Lipinski definition) is 4. The zero-order valence-corrected chi connectivity index (χ0v) is 10.2. The van der Waals surface area contributed by atoms with Gasteiger partial charge >= 0.3 is 5.97 Å². The Bertz CT molecular complexity index is 470. The lowest BCUT2D eigenvalue weighted by atomic mass is 10.2. The molecule has 1 heterocycles. The minimum absolute atomic E-state index is 0.0972. The molecule has 0 spiro atoms. The van der Waals surface area contributed by atoms with Crippen LogP contribution in [0.5, 0.6) is 5.75 Å². The highest BCUT2D eigenvalue weighted by Gasteiger charge is 2.30. The first kappa shape index (κ1) is 13.4. The van der Waals surface area contributed by atoms with Gasteiger partial charge in [-0.15, -0.1) is 0 Å². The Morgan fingerprint density at radius 3 is 2.53 bits per heavy atom. The molecule has 0 radical (unpaired) electrons. The van der Waals surface area contributed by atoms with E-state index in [2.05, 4.69) is 5.32 Å². The normalized spacial score (nSPS) is 22.1. The number of ether oxygens (including phenoxy) is 1. The van der Waals surface area contributed by atoms with Gasteiger partial charge < -0.3 is 20.3 Å². The number of carboxylic acid groups (broad SMARTS) is 1. The number of aromatic hydroxyl groups is 1. The van der Waals surface area contributed by atoms with Crippen LogP contribution in [-0.4, -0.2) is 40.8 Å². The molecule has 1 saturated heterocycles. The first-order valence-corrected chi connectivity index (χ1v) is 6.02. The van der Waals surface area contributed by atoms with Crippen molar-refractivity contribution in [2.24, 2.45) is 0 Å². The molecule has 6 nitrogen and oxygen atoms in total. The second-order valence-corrected chi connectivity index (χ2v) is 4.42. The molecule has 2 atom stereocenters. The van der Waals surface area contributed by atoms with Gasteiger partial charge in [0.15, 0.2) is 6.10 Å². The molecule has 3 N–H and O–H groups in total. The van der Waals surface area contributed by atoms with E-state index in [-0.39, 0.29) is 24.3 Å². The van der Waals surface area contributed by atoms with Gasteiger partial charge in [0, 0.05) is 12.1 Å². The van der Waals surface area contributed by atoms with Crippen molar-refractivity contribution in [3.8, 4) is 5.75 Å². The lowest BCUT2D eigenvalue weighted by molar-refractivity contribution is -0.149. The number of carbonyl (C=O) groups is 2. The number of phenolic OH excluding ortho intramolecular Hbond substituents is 1. The van der Waals surface area contributed by atoms with Gasteiger partial charge in [0.05, 0.1) is 6.10 Å². The average Bonchev–Trinajstić information content (AvgIpc) is 2.86. The van der Waals surface area contributed by atoms with Gasteiger partial charge in [-0.3, -0.25) is 4.79 Å². The smallest absolute Gasteiger partial charge is 0.332 e. The highest BCUT2D eigenvalue weighted by Crippen LogP contribution is 2.19. The summed E-state index contributed by atoms with van der Waals surface area (Å²) in [5, 5.41) is 20.6. The van der Waals surface area contributed by atoms with Crippen molar-refractivity contribution in [3.63, 3.8) is 0 Å². The molecule has 1 fully saturated rings. The molecule has 1 aliphatic rings. The second kappa shape index (κ2) is 5.71. The minimum Gasteiger partial charge on any atom is -0.508 e. The van der Waals surface area contributed by atoms with Gasteiger partial charge in [0.1, 0.15) is 5.75 Å². The molecular weight excluding hydrogens is 250 g/mol. The van der Waals surface area contributed by atoms with E-state index in [0.29, 0.717) is 18.4 Å². The van der Waals surface area contributed by atoms with Gasteiger partial charge in [0.25, 0.3) is 5.91 Å². The molecule has 1 aromatic carbocycles. The van der Waals surface area contributed by atoms with E-state index in [0.717, 1.165) is 0 Å². The van der Waals surface area contributed by atoms with Crippen molar-refractivity contribution in [3.05, 3.63) is 29.8 Å². The third-order valence-electron chi connectivity index (χ3n) is 3.00. The minimum atomic E-state index is -0.965.